The van der Waals surface area contributed by atoms with Crippen LogP contribution in [0.5, 0.6) is 0 Å². The molecule has 24 heavy (non-hydrogen) atoms. The van der Waals surface area contributed by atoms with Gasteiger partial charge in [0.05, 0.1) is 6.20 Å². The molecule has 1 aromatic carbocycles. The minimum Gasteiger partial charge on any atom is -0.423 e. The average molecular weight is 324 g/mol. The molecule has 0 spiro atoms. The summed E-state index contributed by atoms with van der Waals surface area (Å²) in [5.41, 5.74) is 0.873. The molecular weight excluding hydrogens is 308 g/mol. The molecular formula is C17H16N4O3. The van der Waals surface area contributed by atoms with Gasteiger partial charge in [-0.1, -0.05) is 37.3 Å². The molecule has 0 N–H and O–H groups in total. The Labute approximate surface area is 136 Å². The van der Waals surface area contributed by atoms with Gasteiger partial charge in [0.25, 0.3) is 5.56 Å². The van der Waals surface area contributed by atoms with Crippen molar-refractivity contribution in [2.75, 3.05) is 0 Å². The van der Waals surface area contributed by atoms with Crippen molar-refractivity contribution in [1.82, 2.24) is 18.5 Å². The molecule has 0 saturated heterocycles. The van der Waals surface area contributed by atoms with Crippen LogP contribution < -0.4 is 11.2 Å². The Bertz CT molecular complexity index is 1160. The third-order valence-electron chi connectivity index (χ3n) is 4.10. The summed E-state index contributed by atoms with van der Waals surface area (Å²) < 4.78 is 10.0. The number of rotatable bonds is 3. The Kier molecular flexibility index (Phi) is 3.16. The molecule has 0 aliphatic heterocycles. The molecule has 0 atom stereocenters. The Morgan fingerprint density at radius 2 is 1.92 bits per heavy atom. The van der Waals surface area contributed by atoms with E-state index in [2.05, 4.69) is 4.98 Å². The van der Waals surface area contributed by atoms with Crippen LogP contribution in [0, 0.1) is 0 Å². The van der Waals surface area contributed by atoms with Gasteiger partial charge in [0.2, 0.25) is 0 Å². The van der Waals surface area contributed by atoms with Crippen LogP contribution in [0.4, 0.5) is 0 Å². The van der Waals surface area contributed by atoms with Crippen molar-refractivity contribution in [2.45, 2.75) is 19.9 Å². The molecule has 0 aliphatic rings. The lowest BCUT2D eigenvalue weighted by Gasteiger charge is -2.06. The first-order valence-corrected chi connectivity index (χ1v) is 7.78. The molecule has 0 aliphatic carbocycles. The molecule has 0 amide bonds. The molecule has 122 valence electrons. The molecule has 7 nitrogen and oxygen atoms in total. The number of hydrogen-bond acceptors (Lipinski definition) is 4. The number of oxazole rings is 1. The minimum absolute atomic E-state index is 0.296. The van der Waals surface area contributed by atoms with Crippen molar-refractivity contribution in [3.8, 4) is 11.3 Å². The smallest absolute Gasteiger partial charge is 0.332 e. The second-order valence-corrected chi connectivity index (χ2v) is 5.70. The van der Waals surface area contributed by atoms with Crippen molar-refractivity contribution in [2.24, 2.45) is 7.05 Å². The molecule has 4 rings (SSSR count). The van der Waals surface area contributed by atoms with E-state index in [1.54, 1.807) is 17.6 Å². The number of aryl methyl sites for hydroxylation is 1. The van der Waals surface area contributed by atoms with Crippen LogP contribution in [0.2, 0.25) is 0 Å². The van der Waals surface area contributed by atoms with Gasteiger partial charge in [-0.3, -0.25) is 18.3 Å². The quantitative estimate of drug-likeness (QED) is 0.578. The highest BCUT2D eigenvalue weighted by atomic mass is 16.4. The van der Waals surface area contributed by atoms with Gasteiger partial charge < -0.3 is 4.42 Å². The van der Waals surface area contributed by atoms with Gasteiger partial charge in [0.1, 0.15) is 0 Å². The molecule has 3 aromatic heterocycles. The van der Waals surface area contributed by atoms with E-state index >= 15 is 0 Å². The Balaban J connectivity index is 2.06. The van der Waals surface area contributed by atoms with Crippen molar-refractivity contribution < 1.29 is 4.42 Å². The largest absolute Gasteiger partial charge is 0.423 e. The van der Waals surface area contributed by atoms with E-state index in [9.17, 15) is 9.59 Å². The third kappa shape index (κ3) is 1.94. The van der Waals surface area contributed by atoms with Gasteiger partial charge in [0.15, 0.2) is 16.9 Å². The predicted molar refractivity (Wildman–Crippen MR) is 90.2 cm³/mol. The fraction of sp³-hybridized carbons (Fsp3) is 0.235. The van der Waals surface area contributed by atoms with Gasteiger partial charge in [-0.05, 0) is 6.42 Å². The van der Waals surface area contributed by atoms with Gasteiger partial charge in [0, 0.05) is 19.2 Å². The summed E-state index contributed by atoms with van der Waals surface area (Å²) in [6.07, 6.45) is 2.44. The van der Waals surface area contributed by atoms with Crippen molar-refractivity contribution in [1.29, 1.82) is 0 Å². The summed E-state index contributed by atoms with van der Waals surface area (Å²) in [5, 5.41) is 0. The molecule has 7 heteroatoms. The maximum atomic E-state index is 12.8. The molecule has 0 bridgehead atoms. The minimum atomic E-state index is -0.363. The monoisotopic (exact) mass is 324 g/mol. The van der Waals surface area contributed by atoms with E-state index in [1.807, 2.05) is 37.3 Å². The summed E-state index contributed by atoms with van der Waals surface area (Å²) in [6.45, 7) is 2.30. The van der Waals surface area contributed by atoms with Crippen molar-refractivity contribution in [3.05, 3.63) is 57.4 Å². The third-order valence-corrected chi connectivity index (χ3v) is 4.10. The van der Waals surface area contributed by atoms with E-state index in [1.165, 1.54) is 9.13 Å². The molecule has 0 radical (unpaired) electrons. The van der Waals surface area contributed by atoms with Crippen LogP contribution in [-0.4, -0.2) is 18.5 Å². The topological polar surface area (TPSA) is 74.4 Å². The zero-order valence-electron chi connectivity index (χ0n) is 13.4. The second-order valence-electron chi connectivity index (χ2n) is 5.70. The summed E-state index contributed by atoms with van der Waals surface area (Å²) in [6, 6.07) is 9.59. The van der Waals surface area contributed by atoms with E-state index in [0.29, 0.717) is 35.7 Å². The van der Waals surface area contributed by atoms with Gasteiger partial charge in [-0.15, -0.1) is 0 Å². The summed E-state index contributed by atoms with van der Waals surface area (Å²) >= 11 is 0. The number of aromatic nitrogens is 4. The standard InChI is InChI=1S/C17H16N4O3/c1-3-9-20-15(22)13-14(19(2)17(20)23)18-16-21(13)10-12(24-16)11-7-5-4-6-8-11/h4-8,10H,3,9H2,1-2H3. The van der Waals surface area contributed by atoms with Crippen LogP contribution in [-0.2, 0) is 13.6 Å². The van der Waals surface area contributed by atoms with Crippen LogP contribution in [0.25, 0.3) is 28.3 Å². The Morgan fingerprint density at radius 1 is 1.17 bits per heavy atom. The molecule has 4 aromatic rings. The highest BCUT2D eigenvalue weighted by molar-refractivity contribution is 5.76. The molecule has 3 heterocycles. The maximum Gasteiger partial charge on any atom is 0.332 e. The number of nitrogens with zero attached hydrogens (tertiary/aromatic N) is 4. The first-order valence-electron chi connectivity index (χ1n) is 7.78. The summed E-state index contributed by atoms with van der Waals surface area (Å²) in [7, 11) is 1.61. The van der Waals surface area contributed by atoms with Crippen LogP contribution in [0.1, 0.15) is 13.3 Å². The SMILES string of the molecule is CCCn1c(=O)c2c(nc3oc(-c4ccccc4)cn32)n(C)c1=O. The van der Waals surface area contributed by atoms with E-state index in [0.717, 1.165) is 5.56 Å². The molecule has 0 saturated carbocycles. The average Bonchev–Trinajstić information content (AvgIpc) is 3.15. The fourth-order valence-electron chi connectivity index (χ4n) is 2.91. The zero-order chi connectivity index (χ0) is 16.8. The summed E-state index contributed by atoms with van der Waals surface area (Å²) in [5.74, 6) is 0.917. The lowest BCUT2D eigenvalue weighted by atomic mass is 10.2. The van der Waals surface area contributed by atoms with E-state index in [-0.39, 0.29) is 11.2 Å². The Hall–Kier alpha value is -3.09. The number of imidazole rings is 1. The molecule has 0 fully saturated rings. The van der Waals surface area contributed by atoms with Crippen LogP contribution in [0.15, 0.2) is 50.5 Å². The van der Waals surface area contributed by atoms with Gasteiger partial charge >= 0.3 is 11.5 Å². The van der Waals surface area contributed by atoms with Crippen LogP contribution in [0.3, 0.4) is 0 Å². The highest BCUT2D eigenvalue weighted by Crippen LogP contribution is 2.24. The van der Waals surface area contributed by atoms with Crippen LogP contribution >= 0.6 is 0 Å². The van der Waals surface area contributed by atoms with Gasteiger partial charge in [-0.25, -0.2) is 4.79 Å². The molecule has 0 unspecified atom stereocenters. The lowest BCUT2D eigenvalue weighted by Crippen LogP contribution is -2.39. The second kappa shape index (κ2) is 5.23. The predicted octanol–water partition coefficient (Wildman–Crippen LogP) is 2.02. The zero-order valence-corrected chi connectivity index (χ0v) is 13.4. The van der Waals surface area contributed by atoms with E-state index < -0.39 is 0 Å². The van der Waals surface area contributed by atoms with Gasteiger partial charge in [-0.2, -0.15) is 4.98 Å². The van der Waals surface area contributed by atoms with E-state index in [4.69, 9.17) is 4.42 Å². The first kappa shape index (κ1) is 14.5. The highest BCUT2D eigenvalue weighted by Gasteiger charge is 2.19. The number of hydrogen-bond donors (Lipinski definition) is 0. The number of fused-ring (bicyclic) bond motifs is 3. The number of benzene rings is 1. The lowest BCUT2D eigenvalue weighted by molar-refractivity contribution is 0.592. The summed E-state index contributed by atoms with van der Waals surface area (Å²) in [4.78, 5) is 29.4. The Morgan fingerprint density at radius 3 is 2.62 bits per heavy atom. The fourth-order valence-corrected chi connectivity index (χ4v) is 2.91. The normalized spacial score (nSPS) is 11.6. The van der Waals surface area contributed by atoms with Crippen molar-refractivity contribution in [3.63, 3.8) is 0 Å². The first-order chi connectivity index (χ1) is 11.6. The maximum absolute atomic E-state index is 12.8. The van der Waals surface area contributed by atoms with Crippen molar-refractivity contribution >= 4 is 17.0 Å².